The van der Waals surface area contributed by atoms with Crippen LogP contribution in [-0.4, -0.2) is 59.7 Å². The number of hydrogen-bond donors (Lipinski definition) is 2. The third kappa shape index (κ3) is 2.54. The summed E-state index contributed by atoms with van der Waals surface area (Å²) in [5.41, 5.74) is -0.260. The van der Waals surface area contributed by atoms with Gasteiger partial charge in [0.2, 0.25) is 5.69 Å². The second-order valence-electron chi connectivity index (χ2n) is 5.55. The number of carboxylic acids is 1. The van der Waals surface area contributed by atoms with Crippen LogP contribution < -0.4 is 5.32 Å². The van der Waals surface area contributed by atoms with Crippen LogP contribution in [0, 0.1) is 10.1 Å². The quantitative estimate of drug-likeness (QED) is 0.419. The van der Waals surface area contributed by atoms with E-state index in [1.807, 2.05) is 0 Å². The van der Waals surface area contributed by atoms with E-state index < -0.39 is 39.8 Å². The van der Waals surface area contributed by atoms with E-state index in [1.165, 1.54) is 18.8 Å². The summed E-state index contributed by atoms with van der Waals surface area (Å²) in [6, 6.07) is -0.950. The molecule has 0 aromatic carbocycles. The molecule has 132 valence electrons. The standard InChI is InChI=1S/C13H13N5O6S/c1-5-4-25-12-7(11(20)17(12)8(5)13(21)22)15-10(19)9-6(18(23)24)3-14-16(9)2/h3,7,12H,4H2,1-2H3,(H,15,19)(H,21,22). The number of amides is 2. The normalized spacial score (nSPS) is 22.3. The Bertz CT molecular complexity index is 846. The molecule has 1 fully saturated rings. The van der Waals surface area contributed by atoms with Crippen LogP contribution in [0.2, 0.25) is 0 Å². The van der Waals surface area contributed by atoms with Gasteiger partial charge in [-0.05, 0) is 12.5 Å². The number of β-lactam (4-membered cyclic amide) rings is 1. The van der Waals surface area contributed by atoms with Crippen molar-refractivity contribution in [3.8, 4) is 0 Å². The zero-order valence-corrected chi connectivity index (χ0v) is 13.9. The molecule has 3 rings (SSSR count). The molecule has 11 nitrogen and oxygen atoms in total. The number of nitrogens with zero attached hydrogens (tertiary/aromatic N) is 4. The smallest absolute Gasteiger partial charge is 0.352 e. The number of aliphatic carboxylic acids is 1. The molecule has 0 spiro atoms. The van der Waals surface area contributed by atoms with Crippen LogP contribution >= 0.6 is 11.8 Å². The van der Waals surface area contributed by atoms with Crippen molar-refractivity contribution in [1.29, 1.82) is 0 Å². The molecule has 2 aliphatic rings. The van der Waals surface area contributed by atoms with Crippen molar-refractivity contribution < 1.29 is 24.4 Å². The van der Waals surface area contributed by atoms with E-state index in [0.29, 0.717) is 11.3 Å². The number of nitro groups is 1. The first-order chi connectivity index (χ1) is 11.7. The number of aromatic nitrogens is 2. The summed E-state index contributed by atoms with van der Waals surface area (Å²) in [6.07, 6.45) is 0.952. The molecule has 25 heavy (non-hydrogen) atoms. The van der Waals surface area contributed by atoms with Gasteiger partial charge in [0.05, 0.1) is 4.92 Å². The Labute approximate surface area is 144 Å². The molecule has 0 aliphatic carbocycles. The third-order valence-electron chi connectivity index (χ3n) is 3.98. The molecule has 1 aromatic heterocycles. The minimum absolute atomic E-state index is 0.0780. The minimum Gasteiger partial charge on any atom is -0.477 e. The molecule has 0 saturated carbocycles. The van der Waals surface area contributed by atoms with Crippen LogP contribution in [0.25, 0.3) is 0 Å². The Hall–Kier alpha value is -2.89. The topological polar surface area (TPSA) is 148 Å². The van der Waals surface area contributed by atoms with E-state index in [9.17, 15) is 29.6 Å². The third-order valence-corrected chi connectivity index (χ3v) is 5.40. The number of fused-ring (bicyclic) bond motifs is 1. The maximum Gasteiger partial charge on any atom is 0.352 e. The van der Waals surface area contributed by atoms with Crippen LogP contribution in [0.4, 0.5) is 5.69 Å². The predicted molar refractivity (Wildman–Crippen MR) is 84.5 cm³/mol. The number of aryl methyl sites for hydroxylation is 1. The summed E-state index contributed by atoms with van der Waals surface area (Å²) in [4.78, 5) is 47.4. The van der Waals surface area contributed by atoms with Crippen molar-refractivity contribution >= 4 is 35.2 Å². The summed E-state index contributed by atoms with van der Waals surface area (Å²) in [5.74, 6) is -2.17. The van der Waals surface area contributed by atoms with Gasteiger partial charge in [-0.15, -0.1) is 11.8 Å². The summed E-state index contributed by atoms with van der Waals surface area (Å²) >= 11 is 1.32. The molecule has 2 unspecified atom stereocenters. The number of hydrogen-bond acceptors (Lipinski definition) is 7. The van der Waals surface area contributed by atoms with Crippen molar-refractivity contribution in [2.24, 2.45) is 7.05 Å². The van der Waals surface area contributed by atoms with E-state index >= 15 is 0 Å². The highest BCUT2D eigenvalue weighted by Crippen LogP contribution is 2.40. The Morgan fingerprint density at radius 2 is 2.20 bits per heavy atom. The van der Waals surface area contributed by atoms with Crippen LogP contribution in [-0.2, 0) is 16.6 Å². The number of carbonyl (C=O) groups is 3. The summed E-state index contributed by atoms with van der Waals surface area (Å²) in [5, 5.41) is 25.8. The van der Waals surface area contributed by atoms with E-state index in [0.717, 1.165) is 15.8 Å². The fraction of sp³-hybridized carbons (Fsp3) is 0.385. The molecule has 2 amide bonds. The maximum absolute atomic E-state index is 12.4. The maximum atomic E-state index is 12.4. The average Bonchev–Trinajstić information content (AvgIpc) is 2.93. The largest absolute Gasteiger partial charge is 0.477 e. The van der Waals surface area contributed by atoms with Crippen LogP contribution in [0.1, 0.15) is 17.4 Å². The van der Waals surface area contributed by atoms with Gasteiger partial charge in [0.15, 0.2) is 0 Å². The number of carbonyl (C=O) groups excluding carboxylic acids is 2. The Balaban J connectivity index is 1.82. The first kappa shape index (κ1) is 17.0. The average molecular weight is 367 g/mol. The molecule has 0 radical (unpaired) electrons. The van der Waals surface area contributed by atoms with Gasteiger partial charge in [0.25, 0.3) is 11.8 Å². The lowest BCUT2D eigenvalue weighted by Gasteiger charge is -2.49. The number of carboxylic acid groups (broad SMARTS) is 1. The highest BCUT2D eigenvalue weighted by Gasteiger charge is 2.54. The molecule has 2 atom stereocenters. The first-order valence-electron chi connectivity index (χ1n) is 7.09. The van der Waals surface area contributed by atoms with Gasteiger partial charge in [-0.2, -0.15) is 5.10 Å². The van der Waals surface area contributed by atoms with Crippen molar-refractivity contribution in [2.45, 2.75) is 18.3 Å². The highest BCUT2D eigenvalue weighted by molar-refractivity contribution is 8.00. The molecule has 3 heterocycles. The van der Waals surface area contributed by atoms with E-state index in [-0.39, 0.29) is 11.4 Å². The summed E-state index contributed by atoms with van der Waals surface area (Å²) in [7, 11) is 1.38. The zero-order valence-electron chi connectivity index (χ0n) is 13.1. The summed E-state index contributed by atoms with van der Waals surface area (Å²) < 4.78 is 1.05. The zero-order chi connectivity index (χ0) is 18.5. The molecule has 12 heteroatoms. The Kier molecular flexibility index (Phi) is 3.99. The molecular weight excluding hydrogens is 354 g/mol. The van der Waals surface area contributed by atoms with Gasteiger partial charge in [-0.3, -0.25) is 29.3 Å². The van der Waals surface area contributed by atoms with Gasteiger partial charge in [-0.25, -0.2) is 4.79 Å². The lowest BCUT2D eigenvalue weighted by atomic mass is 10.0. The van der Waals surface area contributed by atoms with Crippen LogP contribution in [0.5, 0.6) is 0 Å². The van der Waals surface area contributed by atoms with Crippen LogP contribution in [0.15, 0.2) is 17.5 Å². The molecule has 0 bridgehead atoms. The van der Waals surface area contributed by atoms with Crippen molar-refractivity contribution in [1.82, 2.24) is 20.0 Å². The monoisotopic (exact) mass is 367 g/mol. The number of nitrogens with one attached hydrogen (secondary N) is 1. The lowest BCUT2D eigenvalue weighted by molar-refractivity contribution is -0.385. The number of thioether (sulfide) groups is 1. The van der Waals surface area contributed by atoms with E-state index in [2.05, 4.69) is 10.4 Å². The first-order valence-corrected chi connectivity index (χ1v) is 8.14. The lowest BCUT2D eigenvalue weighted by Crippen LogP contribution is -2.70. The fourth-order valence-electron chi connectivity index (χ4n) is 2.81. The van der Waals surface area contributed by atoms with Gasteiger partial charge >= 0.3 is 11.7 Å². The van der Waals surface area contributed by atoms with Gasteiger partial charge in [-0.1, -0.05) is 0 Å². The molecule has 2 aliphatic heterocycles. The second kappa shape index (κ2) is 5.88. The van der Waals surface area contributed by atoms with E-state index in [1.54, 1.807) is 6.92 Å². The summed E-state index contributed by atoms with van der Waals surface area (Å²) in [6.45, 7) is 1.63. The predicted octanol–water partition coefficient (Wildman–Crippen LogP) is -0.300. The van der Waals surface area contributed by atoms with Gasteiger partial charge in [0.1, 0.15) is 23.3 Å². The molecule has 1 saturated heterocycles. The SMILES string of the molecule is CC1=C(C(=O)O)N2C(=O)C(NC(=O)c3c([N+](=O)[O-])cnn3C)C2SC1. The fourth-order valence-corrected chi connectivity index (χ4v) is 4.10. The second-order valence-corrected chi connectivity index (χ2v) is 6.66. The number of rotatable bonds is 4. The minimum atomic E-state index is -1.21. The molecule has 1 aromatic rings. The highest BCUT2D eigenvalue weighted by atomic mass is 32.2. The van der Waals surface area contributed by atoms with Gasteiger partial charge < -0.3 is 10.4 Å². The van der Waals surface area contributed by atoms with Crippen LogP contribution in [0.3, 0.4) is 0 Å². The van der Waals surface area contributed by atoms with Crippen molar-refractivity contribution in [3.63, 3.8) is 0 Å². The molecule has 2 N–H and O–H groups in total. The van der Waals surface area contributed by atoms with Crippen molar-refractivity contribution in [2.75, 3.05) is 5.75 Å². The van der Waals surface area contributed by atoms with Gasteiger partial charge in [0, 0.05) is 12.8 Å². The Morgan fingerprint density at radius 1 is 1.52 bits per heavy atom. The van der Waals surface area contributed by atoms with Crippen molar-refractivity contribution in [3.05, 3.63) is 33.3 Å². The van der Waals surface area contributed by atoms with E-state index in [4.69, 9.17) is 0 Å². The Morgan fingerprint density at radius 3 is 2.80 bits per heavy atom. The molecular formula is C13H13N5O6S.